The molecule has 1 amide bonds. The number of hydrogen-bond acceptors (Lipinski definition) is 6. The zero-order valence-corrected chi connectivity index (χ0v) is 12.4. The third-order valence-corrected chi connectivity index (χ3v) is 4.98. The highest BCUT2D eigenvalue weighted by molar-refractivity contribution is 7.91. The van der Waals surface area contributed by atoms with Crippen LogP contribution in [0.4, 0.5) is 0 Å². The van der Waals surface area contributed by atoms with Gasteiger partial charge >= 0.3 is 0 Å². The number of nitrogens with zero attached hydrogens (tertiary/aromatic N) is 3. The summed E-state index contributed by atoms with van der Waals surface area (Å²) in [5.41, 5.74) is 0. The summed E-state index contributed by atoms with van der Waals surface area (Å²) in [4.78, 5) is 11.9. The van der Waals surface area contributed by atoms with Gasteiger partial charge in [0.15, 0.2) is 15.7 Å². The number of sulfone groups is 1. The van der Waals surface area contributed by atoms with Crippen LogP contribution in [0.2, 0.25) is 0 Å². The summed E-state index contributed by atoms with van der Waals surface area (Å²) in [7, 11) is -1.23. The van der Waals surface area contributed by atoms with Crippen molar-refractivity contribution in [2.45, 2.75) is 25.4 Å². The zero-order chi connectivity index (χ0) is 14.8. The van der Waals surface area contributed by atoms with Crippen molar-refractivity contribution in [2.24, 2.45) is 7.05 Å². The predicted molar refractivity (Wildman–Crippen MR) is 72.6 cm³/mol. The van der Waals surface area contributed by atoms with Crippen molar-refractivity contribution in [1.82, 2.24) is 25.4 Å². The van der Waals surface area contributed by atoms with Crippen molar-refractivity contribution in [3.63, 3.8) is 0 Å². The van der Waals surface area contributed by atoms with E-state index in [2.05, 4.69) is 20.8 Å². The summed E-state index contributed by atoms with van der Waals surface area (Å²) < 4.78 is 24.7. The Kier molecular flexibility index (Phi) is 4.39. The van der Waals surface area contributed by atoms with Crippen LogP contribution >= 0.6 is 0 Å². The van der Waals surface area contributed by atoms with Crippen molar-refractivity contribution in [3.8, 4) is 0 Å². The SMILES string of the molecule is CC(NC(=O)CC1CS(=O)(=O)CCN1)c1nncn1C. The number of rotatable bonds is 4. The standard InChI is InChI=1S/C11H19N5O3S/c1-8(11-15-13-7-16(11)2)14-10(17)5-9-6-20(18,19)4-3-12-9/h7-9,12H,3-6H2,1-2H3,(H,14,17). The number of carbonyl (C=O) groups is 1. The highest BCUT2D eigenvalue weighted by atomic mass is 32.2. The first kappa shape index (κ1) is 14.9. The van der Waals surface area contributed by atoms with Crippen molar-refractivity contribution < 1.29 is 13.2 Å². The molecule has 0 radical (unpaired) electrons. The van der Waals surface area contributed by atoms with Crippen LogP contribution in [0.25, 0.3) is 0 Å². The summed E-state index contributed by atoms with van der Waals surface area (Å²) >= 11 is 0. The Balaban J connectivity index is 1.88. The Hall–Kier alpha value is -1.48. The number of amides is 1. The van der Waals surface area contributed by atoms with E-state index in [4.69, 9.17) is 0 Å². The average Bonchev–Trinajstić information content (AvgIpc) is 2.73. The normalized spacial score (nSPS) is 23.2. The predicted octanol–water partition coefficient (Wildman–Crippen LogP) is -1.23. The van der Waals surface area contributed by atoms with Crippen molar-refractivity contribution in [3.05, 3.63) is 12.2 Å². The summed E-state index contributed by atoms with van der Waals surface area (Å²) in [6, 6.07) is -0.587. The number of carbonyl (C=O) groups excluding carboxylic acids is 1. The quantitative estimate of drug-likeness (QED) is 0.721. The molecule has 2 N–H and O–H groups in total. The third kappa shape index (κ3) is 3.76. The molecule has 1 aromatic rings. The number of hydrogen-bond donors (Lipinski definition) is 2. The minimum Gasteiger partial charge on any atom is -0.346 e. The van der Waals surface area contributed by atoms with Crippen molar-refractivity contribution >= 4 is 15.7 Å². The zero-order valence-electron chi connectivity index (χ0n) is 11.5. The summed E-state index contributed by atoms with van der Waals surface area (Å²) in [5.74, 6) is 0.608. The van der Waals surface area contributed by atoms with Gasteiger partial charge in [0.05, 0.1) is 17.5 Å². The molecular weight excluding hydrogens is 282 g/mol. The second-order valence-electron chi connectivity index (χ2n) is 5.06. The molecule has 9 heteroatoms. The summed E-state index contributed by atoms with van der Waals surface area (Å²) in [6.07, 6.45) is 1.70. The van der Waals surface area contributed by atoms with Crippen LogP contribution in [-0.4, -0.2) is 53.2 Å². The molecule has 2 heterocycles. The number of nitrogens with one attached hydrogen (secondary N) is 2. The molecule has 0 aliphatic carbocycles. The molecule has 2 unspecified atom stereocenters. The van der Waals surface area contributed by atoms with Gasteiger partial charge in [0.25, 0.3) is 0 Å². The van der Waals surface area contributed by atoms with Crippen molar-refractivity contribution in [2.75, 3.05) is 18.1 Å². The second-order valence-corrected chi connectivity index (χ2v) is 7.29. The summed E-state index contributed by atoms with van der Waals surface area (Å²) in [6.45, 7) is 2.21. The molecule has 0 bridgehead atoms. The molecule has 8 nitrogen and oxygen atoms in total. The molecule has 1 saturated heterocycles. The Bertz CT molecular complexity index is 583. The van der Waals surface area contributed by atoms with E-state index in [1.807, 2.05) is 6.92 Å². The number of aryl methyl sites for hydroxylation is 1. The van der Waals surface area contributed by atoms with Gasteiger partial charge < -0.3 is 15.2 Å². The van der Waals surface area contributed by atoms with Crippen LogP contribution in [0.1, 0.15) is 25.2 Å². The maximum atomic E-state index is 11.9. The van der Waals surface area contributed by atoms with Crippen molar-refractivity contribution in [1.29, 1.82) is 0 Å². The van der Waals surface area contributed by atoms with Gasteiger partial charge in [-0.15, -0.1) is 10.2 Å². The lowest BCUT2D eigenvalue weighted by Crippen LogP contribution is -2.47. The molecular formula is C11H19N5O3S. The van der Waals surface area contributed by atoms with Crippen LogP contribution in [0, 0.1) is 0 Å². The van der Waals surface area contributed by atoms with Gasteiger partial charge in [-0.2, -0.15) is 0 Å². The second kappa shape index (κ2) is 5.88. The molecule has 0 saturated carbocycles. The highest BCUT2D eigenvalue weighted by Gasteiger charge is 2.26. The average molecular weight is 301 g/mol. The van der Waals surface area contributed by atoms with Gasteiger partial charge in [0.2, 0.25) is 5.91 Å². The Morgan fingerprint density at radius 2 is 2.40 bits per heavy atom. The molecule has 20 heavy (non-hydrogen) atoms. The molecule has 2 rings (SSSR count). The van der Waals surface area contributed by atoms with E-state index >= 15 is 0 Å². The van der Waals surface area contributed by atoms with E-state index in [-0.39, 0.29) is 35.9 Å². The molecule has 0 aromatic carbocycles. The minimum atomic E-state index is -3.02. The van der Waals surface area contributed by atoms with Gasteiger partial charge in [-0.3, -0.25) is 4.79 Å². The van der Waals surface area contributed by atoms with E-state index in [0.717, 1.165) is 0 Å². The van der Waals surface area contributed by atoms with E-state index in [9.17, 15) is 13.2 Å². The molecule has 1 fully saturated rings. The van der Waals surface area contributed by atoms with Crippen LogP contribution < -0.4 is 10.6 Å². The van der Waals surface area contributed by atoms with Gasteiger partial charge in [0, 0.05) is 26.1 Å². The molecule has 112 valence electrons. The fraction of sp³-hybridized carbons (Fsp3) is 0.727. The smallest absolute Gasteiger partial charge is 0.222 e. The first-order valence-corrected chi connectivity index (χ1v) is 8.26. The molecule has 2 atom stereocenters. The Morgan fingerprint density at radius 1 is 1.65 bits per heavy atom. The lowest BCUT2D eigenvalue weighted by molar-refractivity contribution is -0.122. The van der Waals surface area contributed by atoms with E-state index in [1.165, 1.54) is 0 Å². The van der Waals surface area contributed by atoms with Crippen LogP contribution in [0.15, 0.2) is 6.33 Å². The van der Waals surface area contributed by atoms with E-state index < -0.39 is 9.84 Å². The highest BCUT2D eigenvalue weighted by Crippen LogP contribution is 2.09. The Labute approximate surface area is 117 Å². The largest absolute Gasteiger partial charge is 0.346 e. The lowest BCUT2D eigenvalue weighted by atomic mass is 10.2. The lowest BCUT2D eigenvalue weighted by Gasteiger charge is -2.23. The van der Waals surface area contributed by atoms with Crippen LogP contribution in [-0.2, 0) is 21.7 Å². The van der Waals surface area contributed by atoms with Gasteiger partial charge in [0.1, 0.15) is 6.33 Å². The van der Waals surface area contributed by atoms with Gasteiger partial charge in [-0.25, -0.2) is 8.42 Å². The Morgan fingerprint density at radius 3 is 3.00 bits per heavy atom. The minimum absolute atomic E-state index is 0.0127. The topological polar surface area (TPSA) is 106 Å². The van der Waals surface area contributed by atoms with E-state index in [0.29, 0.717) is 12.4 Å². The fourth-order valence-electron chi connectivity index (χ4n) is 2.27. The monoisotopic (exact) mass is 301 g/mol. The molecule has 0 spiro atoms. The number of aromatic nitrogens is 3. The fourth-order valence-corrected chi connectivity index (χ4v) is 3.72. The maximum Gasteiger partial charge on any atom is 0.222 e. The van der Waals surface area contributed by atoms with E-state index in [1.54, 1.807) is 17.9 Å². The molecule has 1 aromatic heterocycles. The van der Waals surface area contributed by atoms with Crippen LogP contribution in [0.3, 0.4) is 0 Å². The first-order chi connectivity index (χ1) is 9.37. The first-order valence-electron chi connectivity index (χ1n) is 6.44. The third-order valence-electron chi connectivity index (χ3n) is 3.24. The molecule has 1 aliphatic heterocycles. The maximum absolute atomic E-state index is 11.9. The van der Waals surface area contributed by atoms with Gasteiger partial charge in [-0.1, -0.05) is 0 Å². The van der Waals surface area contributed by atoms with Crippen LogP contribution in [0.5, 0.6) is 0 Å². The summed E-state index contributed by atoms with van der Waals surface area (Å²) in [5, 5.41) is 13.5. The molecule has 1 aliphatic rings. The van der Waals surface area contributed by atoms with Gasteiger partial charge in [-0.05, 0) is 6.92 Å².